The summed E-state index contributed by atoms with van der Waals surface area (Å²) >= 11 is 0. The number of esters is 1. The average molecular weight is 355 g/mol. The lowest BCUT2D eigenvalue weighted by atomic mass is 10.1. The predicted octanol–water partition coefficient (Wildman–Crippen LogP) is 3.86. The highest BCUT2D eigenvalue weighted by Crippen LogP contribution is 2.23. The minimum atomic E-state index is -1.10. The van der Waals surface area contributed by atoms with Crippen molar-refractivity contribution in [3.8, 4) is 5.75 Å². The van der Waals surface area contributed by atoms with Gasteiger partial charge in [0.25, 0.3) is 0 Å². The number of benzene rings is 2. The molecule has 2 rings (SSSR count). The first kappa shape index (κ1) is 19.2. The third-order valence-corrected chi connectivity index (χ3v) is 3.52. The fourth-order valence-corrected chi connectivity index (χ4v) is 2.19. The maximum absolute atomic E-state index is 11.9. The van der Waals surface area contributed by atoms with Gasteiger partial charge < -0.3 is 14.6 Å². The van der Waals surface area contributed by atoms with E-state index in [2.05, 4.69) is 4.99 Å². The van der Waals surface area contributed by atoms with Crippen molar-refractivity contribution < 1.29 is 24.2 Å². The number of nitrogens with zero attached hydrogens (tertiary/aromatic N) is 1. The normalized spacial score (nSPS) is 11.3. The molecule has 0 atom stereocenters. The molecular formula is C20H21NO5. The molecule has 0 aliphatic rings. The van der Waals surface area contributed by atoms with Gasteiger partial charge in [0.1, 0.15) is 5.75 Å². The zero-order chi connectivity index (χ0) is 19.2. The van der Waals surface area contributed by atoms with E-state index < -0.39 is 17.5 Å². The maximum Gasteiger partial charge on any atom is 0.349 e. The molecule has 0 aromatic heterocycles. The Labute approximate surface area is 152 Å². The van der Waals surface area contributed by atoms with Gasteiger partial charge in [0.15, 0.2) is 5.60 Å². The number of hydrogen-bond donors (Lipinski definition) is 1. The van der Waals surface area contributed by atoms with E-state index in [-0.39, 0.29) is 12.2 Å². The van der Waals surface area contributed by atoms with Crippen molar-refractivity contribution in [3.63, 3.8) is 0 Å². The first-order valence-corrected chi connectivity index (χ1v) is 8.16. The zero-order valence-electron chi connectivity index (χ0n) is 14.9. The zero-order valence-corrected chi connectivity index (χ0v) is 14.9. The van der Waals surface area contributed by atoms with Gasteiger partial charge in [-0.25, -0.2) is 9.59 Å². The summed E-state index contributed by atoms with van der Waals surface area (Å²) in [6.45, 7) is 5.31. The van der Waals surface area contributed by atoms with Crippen LogP contribution in [0, 0.1) is 0 Å². The van der Waals surface area contributed by atoms with Crippen LogP contribution >= 0.6 is 0 Å². The molecular weight excluding hydrogens is 334 g/mol. The van der Waals surface area contributed by atoms with Crippen molar-refractivity contribution >= 4 is 23.8 Å². The number of carboxylic acids is 1. The summed E-state index contributed by atoms with van der Waals surface area (Å²) in [5.74, 6) is -0.933. The second-order valence-corrected chi connectivity index (χ2v) is 5.98. The largest absolute Gasteiger partial charge is 0.478 e. The smallest absolute Gasteiger partial charge is 0.349 e. The van der Waals surface area contributed by atoms with Gasteiger partial charge in [0, 0.05) is 11.8 Å². The van der Waals surface area contributed by atoms with E-state index in [4.69, 9.17) is 9.47 Å². The minimum Gasteiger partial charge on any atom is -0.478 e. The van der Waals surface area contributed by atoms with Crippen LogP contribution in [0.4, 0.5) is 5.69 Å². The van der Waals surface area contributed by atoms with Gasteiger partial charge in [-0.2, -0.15) is 0 Å². The summed E-state index contributed by atoms with van der Waals surface area (Å²) in [6, 6.07) is 13.4. The van der Waals surface area contributed by atoms with Gasteiger partial charge in [-0.05, 0) is 51.1 Å². The van der Waals surface area contributed by atoms with Gasteiger partial charge >= 0.3 is 11.9 Å². The third-order valence-electron chi connectivity index (χ3n) is 3.52. The number of hydrogen-bond acceptors (Lipinski definition) is 5. The number of aliphatic imine (C=N–C) groups is 1. The molecule has 0 radical (unpaired) electrons. The molecule has 2 aromatic carbocycles. The Bertz CT molecular complexity index is 809. The standard InChI is InChI=1S/C20H21NO5/c1-4-25-19(24)20(2,3)26-16-11-9-15(10-12-16)21-13-14-7-5-6-8-17(14)18(22)23/h5-13H,4H2,1-3H3,(H,22,23). The topological polar surface area (TPSA) is 85.2 Å². The van der Waals surface area contributed by atoms with Crippen LogP contribution in [0.2, 0.25) is 0 Å². The first-order chi connectivity index (χ1) is 12.3. The van der Waals surface area contributed by atoms with Crippen molar-refractivity contribution in [2.75, 3.05) is 6.61 Å². The molecule has 6 heteroatoms. The summed E-state index contributed by atoms with van der Waals surface area (Å²) in [4.78, 5) is 27.3. The molecule has 0 saturated carbocycles. The molecule has 1 N–H and O–H groups in total. The fraction of sp³-hybridized carbons (Fsp3) is 0.250. The summed E-state index contributed by atoms with van der Waals surface area (Å²) in [7, 11) is 0. The van der Waals surface area contributed by atoms with Crippen LogP contribution in [0.25, 0.3) is 0 Å². The average Bonchev–Trinajstić information content (AvgIpc) is 2.61. The molecule has 6 nitrogen and oxygen atoms in total. The third kappa shape index (κ3) is 4.92. The lowest BCUT2D eigenvalue weighted by Crippen LogP contribution is -2.39. The van der Waals surface area contributed by atoms with Crippen molar-refractivity contribution in [1.82, 2.24) is 0 Å². The van der Waals surface area contributed by atoms with E-state index in [0.717, 1.165) is 0 Å². The molecule has 0 saturated heterocycles. The lowest BCUT2D eigenvalue weighted by Gasteiger charge is -2.24. The number of rotatable bonds is 7. The van der Waals surface area contributed by atoms with E-state index in [9.17, 15) is 14.7 Å². The van der Waals surface area contributed by atoms with Crippen LogP contribution < -0.4 is 4.74 Å². The Kier molecular flexibility index (Phi) is 6.11. The molecule has 0 amide bonds. The van der Waals surface area contributed by atoms with Crippen molar-refractivity contribution in [3.05, 3.63) is 59.7 Å². The van der Waals surface area contributed by atoms with E-state index in [1.54, 1.807) is 63.2 Å². The maximum atomic E-state index is 11.9. The second kappa shape index (κ2) is 8.29. The highest BCUT2D eigenvalue weighted by atomic mass is 16.6. The van der Waals surface area contributed by atoms with Gasteiger partial charge in [0.2, 0.25) is 0 Å². The van der Waals surface area contributed by atoms with Gasteiger partial charge in [0.05, 0.1) is 17.9 Å². The Hall–Kier alpha value is -3.15. The summed E-state index contributed by atoms with van der Waals surface area (Å²) in [5, 5.41) is 9.17. The molecule has 2 aromatic rings. The van der Waals surface area contributed by atoms with E-state index in [0.29, 0.717) is 17.0 Å². The van der Waals surface area contributed by atoms with Crippen molar-refractivity contribution in [2.45, 2.75) is 26.4 Å². The van der Waals surface area contributed by atoms with Crippen LogP contribution in [0.1, 0.15) is 36.7 Å². The Morgan fingerprint density at radius 2 is 1.77 bits per heavy atom. The minimum absolute atomic E-state index is 0.187. The number of carboxylic acid groups (broad SMARTS) is 1. The van der Waals surface area contributed by atoms with Crippen molar-refractivity contribution in [2.24, 2.45) is 4.99 Å². The van der Waals surface area contributed by atoms with Gasteiger partial charge in [-0.1, -0.05) is 18.2 Å². The van der Waals surface area contributed by atoms with Crippen LogP contribution in [-0.2, 0) is 9.53 Å². The molecule has 0 heterocycles. The Morgan fingerprint density at radius 3 is 2.38 bits per heavy atom. The SMILES string of the molecule is CCOC(=O)C(C)(C)Oc1ccc(N=Cc2ccccc2C(=O)O)cc1. The molecule has 0 aliphatic carbocycles. The molecule has 0 bridgehead atoms. The summed E-state index contributed by atoms with van der Waals surface area (Å²) < 4.78 is 10.7. The van der Waals surface area contributed by atoms with Gasteiger partial charge in [-0.3, -0.25) is 4.99 Å². The van der Waals surface area contributed by atoms with Crippen LogP contribution in [0.5, 0.6) is 5.75 Å². The lowest BCUT2D eigenvalue weighted by molar-refractivity contribution is -0.158. The molecule has 136 valence electrons. The quantitative estimate of drug-likeness (QED) is 0.602. The van der Waals surface area contributed by atoms with Crippen LogP contribution in [0.15, 0.2) is 53.5 Å². The number of carbonyl (C=O) groups is 2. The Morgan fingerprint density at radius 1 is 1.12 bits per heavy atom. The molecule has 26 heavy (non-hydrogen) atoms. The number of carbonyl (C=O) groups excluding carboxylic acids is 1. The van der Waals surface area contributed by atoms with Crippen LogP contribution in [0.3, 0.4) is 0 Å². The molecule has 0 aliphatic heterocycles. The molecule has 0 fully saturated rings. The molecule has 0 unspecified atom stereocenters. The monoisotopic (exact) mass is 355 g/mol. The summed E-state index contributed by atoms with van der Waals surface area (Å²) in [6.07, 6.45) is 1.50. The highest BCUT2D eigenvalue weighted by Gasteiger charge is 2.31. The van der Waals surface area contributed by atoms with E-state index >= 15 is 0 Å². The fourth-order valence-electron chi connectivity index (χ4n) is 2.19. The van der Waals surface area contributed by atoms with E-state index in [1.807, 2.05) is 0 Å². The van der Waals surface area contributed by atoms with E-state index in [1.165, 1.54) is 12.3 Å². The summed E-state index contributed by atoms with van der Waals surface area (Å²) in [5.41, 5.74) is 0.240. The molecule has 0 spiro atoms. The van der Waals surface area contributed by atoms with Gasteiger partial charge in [-0.15, -0.1) is 0 Å². The van der Waals surface area contributed by atoms with Crippen LogP contribution in [-0.4, -0.2) is 35.5 Å². The van der Waals surface area contributed by atoms with Crippen molar-refractivity contribution in [1.29, 1.82) is 0 Å². The highest BCUT2D eigenvalue weighted by molar-refractivity contribution is 5.98. The number of aromatic carboxylic acids is 1. The second-order valence-electron chi connectivity index (χ2n) is 5.98. The Balaban J connectivity index is 2.11. The number of ether oxygens (including phenoxy) is 2. The first-order valence-electron chi connectivity index (χ1n) is 8.16. The predicted molar refractivity (Wildman–Crippen MR) is 98.4 cm³/mol.